The number of allylic oxidation sites excluding steroid dienone is 2. The largest absolute Gasteiger partial charge is 0.250 e. The highest BCUT2D eigenvalue weighted by Crippen LogP contribution is 2.48. The van der Waals surface area contributed by atoms with E-state index in [1.165, 1.54) is 0 Å². The number of thioether (sulfide) groups is 1. The summed E-state index contributed by atoms with van der Waals surface area (Å²) in [6.45, 7) is 4.16. The molecule has 1 saturated heterocycles. The second kappa shape index (κ2) is 2.88. The fourth-order valence-corrected chi connectivity index (χ4v) is 3.28. The molecular formula is C10H12N2S. The number of aliphatic imine (C=N–C) groups is 1. The van der Waals surface area contributed by atoms with Crippen LogP contribution in [0.3, 0.4) is 0 Å². The third kappa shape index (κ3) is 1.30. The maximum absolute atomic E-state index is 9.18. The van der Waals surface area contributed by atoms with Crippen molar-refractivity contribution in [2.24, 2.45) is 10.4 Å². The number of nitriles is 1. The van der Waals surface area contributed by atoms with Gasteiger partial charge < -0.3 is 0 Å². The van der Waals surface area contributed by atoms with Gasteiger partial charge >= 0.3 is 0 Å². The third-order valence-electron chi connectivity index (χ3n) is 2.60. The molecular weight excluding hydrogens is 180 g/mol. The van der Waals surface area contributed by atoms with Gasteiger partial charge in [-0.2, -0.15) is 5.26 Å². The van der Waals surface area contributed by atoms with Gasteiger partial charge in [-0.05, 0) is 19.8 Å². The topological polar surface area (TPSA) is 36.1 Å². The van der Waals surface area contributed by atoms with E-state index in [0.29, 0.717) is 5.25 Å². The molecule has 0 bridgehead atoms. The monoisotopic (exact) mass is 192 g/mol. The fraction of sp³-hybridized carbons (Fsp3) is 0.600. The van der Waals surface area contributed by atoms with Crippen LogP contribution in [0.2, 0.25) is 0 Å². The summed E-state index contributed by atoms with van der Waals surface area (Å²) in [5, 5.41) is 10.8. The smallest absolute Gasteiger partial charge is 0.110 e. The predicted octanol–water partition coefficient (Wildman–Crippen LogP) is 2.73. The number of hydrogen-bond donors (Lipinski definition) is 0. The van der Waals surface area contributed by atoms with Crippen LogP contribution in [0.5, 0.6) is 0 Å². The SMILES string of the molecule is CC1=CCC2(C#N)CC(C)SC2=N1. The van der Waals surface area contributed by atoms with Crippen molar-refractivity contribution in [2.45, 2.75) is 31.9 Å². The summed E-state index contributed by atoms with van der Waals surface area (Å²) >= 11 is 1.76. The van der Waals surface area contributed by atoms with Gasteiger partial charge in [-0.15, -0.1) is 11.8 Å². The lowest BCUT2D eigenvalue weighted by Gasteiger charge is -2.22. The maximum Gasteiger partial charge on any atom is 0.110 e. The molecule has 0 spiro atoms. The van der Waals surface area contributed by atoms with Gasteiger partial charge in [-0.3, -0.25) is 0 Å². The quantitative estimate of drug-likeness (QED) is 0.591. The highest BCUT2D eigenvalue weighted by Gasteiger charge is 2.45. The zero-order valence-corrected chi connectivity index (χ0v) is 8.69. The van der Waals surface area contributed by atoms with E-state index in [0.717, 1.165) is 23.6 Å². The second-order valence-electron chi connectivity index (χ2n) is 3.79. The van der Waals surface area contributed by atoms with Gasteiger partial charge in [0.05, 0.1) is 11.1 Å². The van der Waals surface area contributed by atoms with Crippen LogP contribution < -0.4 is 0 Å². The van der Waals surface area contributed by atoms with Crippen LogP contribution >= 0.6 is 11.8 Å². The van der Waals surface area contributed by atoms with Gasteiger partial charge in [-0.25, -0.2) is 4.99 Å². The molecule has 3 heteroatoms. The summed E-state index contributed by atoms with van der Waals surface area (Å²) in [6.07, 6.45) is 3.88. The van der Waals surface area contributed by atoms with E-state index in [2.05, 4.69) is 24.1 Å². The first-order valence-corrected chi connectivity index (χ1v) is 5.38. The van der Waals surface area contributed by atoms with Crippen LogP contribution in [0.4, 0.5) is 0 Å². The number of nitrogens with zero attached hydrogens (tertiary/aromatic N) is 2. The average molecular weight is 192 g/mol. The normalized spacial score (nSPS) is 37.5. The Morgan fingerprint density at radius 1 is 1.77 bits per heavy atom. The Morgan fingerprint density at radius 2 is 2.54 bits per heavy atom. The Hall–Kier alpha value is -0.750. The van der Waals surface area contributed by atoms with E-state index >= 15 is 0 Å². The molecule has 2 rings (SSSR count). The molecule has 2 atom stereocenters. The maximum atomic E-state index is 9.18. The molecule has 0 saturated carbocycles. The van der Waals surface area contributed by atoms with Gasteiger partial charge in [0.2, 0.25) is 0 Å². The lowest BCUT2D eigenvalue weighted by atomic mass is 9.81. The Bertz CT molecular complexity index is 337. The van der Waals surface area contributed by atoms with Crippen LogP contribution in [0.1, 0.15) is 26.7 Å². The minimum Gasteiger partial charge on any atom is -0.250 e. The minimum absolute atomic E-state index is 0.274. The molecule has 0 N–H and O–H groups in total. The highest BCUT2D eigenvalue weighted by atomic mass is 32.2. The number of fused-ring (bicyclic) bond motifs is 1. The van der Waals surface area contributed by atoms with Crippen molar-refractivity contribution in [2.75, 3.05) is 0 Å². The van der Waals surface area contributed by atoms with E-state index < -0.39 is 0 Å². The molecule has 13 heavy (non-hydrogen) atoms. The van der Waals surface area contributed by atoms with Crippen molar-refractivity contribution in [3.63, 3.8) is 0 Å². The molecule has 0 aromatic heterocycles. The number of rotatable bonds is 0. The van der Waals surface area contributed by atoms with Crippen molar-refractivity contribution < 1.29 is 0 Å². The first-order valence-electron chi connectivity index (χ1n) is 4.50. The van der Waals surface area contributed by atoms with Crippen LogP contribution in [0.25, 0.3) is 0 Å². The average Bonchev–Trinajstić information content (AvgIpc) is 2.41. The molecule has 2 unspecified atom stereocenters. The summed E-state index contributed by atoms with van der Waals surface area (Å²) in [6, 6.07) is 2.43. The van der Waals surface area contributed by atoms with Crippen LogP contribution in [-0.2, 0) is 0 Å². The predicted molar refractivity (Wildman–Crippen MR) is 55.5 cm³/mol. The Labute approximate surface area is 82.7 Å². The van der Waals surface area contributed by atoms with E-state index in [9.17, 15) is 5.26 Å². The zero-order chi connectivity index (χ0) is 9.47. The van der Waals surface area contributed by atoms with Gasteiger partial charge in [0.1, 0.15) is 5.41 Å². The van der Waals surface area contributed by atoms with Gasteiger partial charge in [0, 0.05) is 10.9 Å². The zero-order valence-electron chi connectivity index (χ0n) is 7.87. The van der Waals surface area contributed by atoms with Crippen LogP contribution in [0.15, 0.2) is 16.8 Å². The van der Waals surface area contributed by atoms with E-state index in [-0.39, 0.29) is 5.41 Å². The molecule has 2 nitrogen and oxygen atoms in total. The molecule has 0 radical (unpaired) electrons. The highest BCUT2D eigenvalue weighted by molar-refractivity contribution is 8.15. The molecule has 0 aromatic carbocycles. The molecule has 0 aliphatic carbocycles. The summed E-state index contributed by atoms with van der Waals surface area (Å²) in [7, 11) is 0. The first kappa shape index (κ1) is 8.83. The molecule has 0 amide bonds. The van der Waals surface area contributed by atoms with Gasteiger partial charge in [0.25, 0.3) is 0 Å². The van der Waals surface area contributed by atoms with Crippen LogP contribution in [0, 0.1) is 16.7 Å². The van der Waals surface area contributed by atoms with Crippen molar-refractivity contribution >= 4 is 16.8 Å². The Balaban J connectivity index is 2.39. The second-order valence-corrected chi connectivity index (χ2v) is 5.22. The van der Waals surface area contributed by atoms with Gasteiger partial charge in [0.15, 0.2) is 0 Å². The third-order valence-corrected chi connectivity index (χ3v) is 3.87. The lowest BCUT2D eigenvalue weighted by Crippen LogP contribution is -2.24. The van der Waals surface area contributed by atoms with Crippen molar-refractivity contribution in [3.05, 3.63) is 11.8 Å². The van der Waals surface area contributed by atoms with Gasteiger partial charge in [-0.1, -0.05) is 13.0 Å². The molecule has 68 valence electrons. The Morgan fingerprint density at radius 3 is 3.23 bits per heavy atom. The van der Waals surface area contributed by atoms with Crippen LogP contribution in [-0.4, -0.2) is 10.3 Å². The molecule has 2 aliphatic heterocycles. The fourth-order valence-electron chi connectivity index (χ4n) is 1.89. The standard InChI is InChI=1S/C10H12N2S/c1-7-3-4-10(6-11)5-8(2)13-9(10)12-7/h3,8H,4-5H2,1-2H3. The summed E-state index contributed by atoms with van der Waals surface area (Å²) in [5.74, 6) is 0. The molecule has 2 heterocycles. The molecule has 1 fully saturated rings. The first-order chi connectivity index (χ1) is 6.16. The minimum atomic E-state index is -0.274. The summed E-state index contributed by atoms with van der Waals surface area (Å²) in [5.41, 5.74) is 0.784. The Kier molecular flexibility index (Phi) is 1.96. The lowest BCUT2D eigenvalue weighted by molar-refractivity contribution is 0.519. The molecule has 0 aromatic rings. The molecule has 2 aliphatic rings. The summed E-state index contributed by atoms with van der Waals surface area (Å²) in [4.78, 5) is 4.46. The van der Waals surface area contributed by atoms with Crippen molar-refractivity contribution in [3.8, 4) is 6.07 Å². The van der Waals surface area contributed by atoms with E-state index in [1.807, 2.05) is 6.92 Å². The van der Waals surface area contributed by atoms with Crippen molar-refractivity contribution in [1.29, 1.82) is 5.26 Å². The number of hydrogen-bond acceptors (Lipinski definition) is 3. The summed E-state index contributed by atoms with van der Waals surface area (Å²) < 4.78 is 0. The van der Waals surface area contributed by atoms with E-state index in [4.69, 9.17) is 0 Å². The van der Waals surface area contributed by atoms with E-state index in [1.54, 1.807) is 11.8 Å². The van der Waals surface area contributed by atoms with Crippen molar-refractivity contribution in [1.82, 2.24) is 0 Å².